The van der Waals surface area contributed by atoms with Gasteiger partial charge in [-0.15, -0.1) is 0 Å². The fourth-order valence-corrected chi connectivity index (χ4v) is 14.2. The lowest BCUT2D eigenvalue weighted by atomic mass is 9.86. The second-order valence-electron chi connectivity index (χ2n) is 30.3. The van der Waals surface area contributed by atoms with Crippen LogP contribution in [0.3, 0.4) is 0 Å². The van der Waals surface area contributed by atoms with Crippen LogP contribution in [0.4, 0.5) is 0 Å². The average molecular weight is 1410 g/mol. The zero-order valence-electron chi connectivity index (χ0n) is 83.5. The molecule has 0 atom stereocenters. The molecule has 0 N–H and O–H groups in total. The van der Waals surface area contributed by atoms with Crippen LogP contribution in [0.15, 0.2) is 219 Å². The summed E-state index contributed by atoms with van der Waals surface area (Å²) in [7, 11) is 7.89. The fourth-order valence-electron chi connectivity index (χ4n) is 14.2. The Bertz CT molecular complexity index is 5720. The predicted octanol–water partition coefficient (Wildman–Crippen LogP) is 24.6. The minimum atomic E-state index is -2.19. The predicted molar refractivity (Wildman–Crippen MR) is 448 cm³/mol. The zero-order valence-corrected chi connectivity index (χ0v) is 65.5. The molecular formula is C101H120N4+4. The van der Waals surface area contributed by atoms with Gasteiger partial charge in [0.15, 0.2) is 24.8 Å². The van der Waals surface area contributed by atoms with Crippen molar-refractivity contribution in [1.82, 2.24) is 0 Å². The lowest BCUT2D eigenvalue weighted by Crippen LogP contribution is -2.32. The van der Waals surface area contributed by atoms with Gasteiger partial charge in [0.05, 0.1) is 0 Å². The largest absolute Gasteiger partial charge is 0.212 e. The van der Waals surface area contributed by atoms with Gasteiger partial charge in [0.1, 0.15) is 28.2 Å². The highest BCUT2D eigenvalue weighted by Gasteiger charge is 2.26. The van der Waals surface area contributed by atoms with Crippen LogP contribution in [0.25, 0.3) is 89.5 Å². The van der Waals surface area contributed by atoms with Crippen molar-refractivity contribution in [2.45, 2.75) is 181 Å². The molecule has 105 heavy (non-hydrogen) atoms. The molecule has 0 unspecified atom stereocenters. The van der Waals surface area contributed by atoms with Crippen molar-refractivity contribution in [3.8, 4) is 89.5 Å². The third-order valence-corrected chi connectivity index (χ3v) is 20.0. The summed E-state index contributed by atoms with van der Waals surface area (Å²) in [4.78, 5) is 0. The Morgan fingerprint density at radius 2 is 0.686 bits per heavy atom. The van der Waals surface area contributed by atoms with E-state index < -0.39 is 57.4 Å². The van der Waals surface area contributed by atoms with E-state index in [1.165, 1.54) is 0 Å². The molecule has 1 fully saturated rings. The molecule has 12 aromatic rings. The SMILES string of the molecule is [2H]C([2H])([2H])c1ccccc1-c1ccc(C)c(-c2cc(C)c(C([2H])(C)C)c[n+]2C)c1.[2H]C([2H])([2H])c1ccccc1-c1ccc(C)c(-c2cc(C)c(C([2H])([2H])C(C)(C)C)c[n+]2C)c1.[2H]C([2H])([2H])c1ccccc1-c1ccc(C)c(-c2cc(C)c(C([2H])([2H])C(C)C)c[n+]2C)c1.[2H]C([2H])([2H])c1ccccc1-c1ccc(C)c(-c2cc(C)c(C3([2H])CCCC3)c[n+]2C)c1. The van der Waals surface area contributed by atoms with Crippen molar-refractivity contribution in [3.63, 3.8) is 0 Å². The number of aromatic nitrogens is 4. The highest BCUT2D eigenvalue weighted by atomic mass is 14.9. The molecule has 4 heteroatoms. The van der Waals surface area contributed by atoms with E-state index in [9.17, 15) is 0 Å². The molecule has 540 valence electrons. The molecule has 0 aliphatic heterocycles. The molecular weight excluding hydrogens is 1270 g/mol. The van der Waals surface area contributed by atoms with Crippen LogP contribution < -0.4 is 18.3 Å². The molecule has 0 saturated heterocycles. The summed E-state index contributed by atoms with van der Waals surface area (Å²) < 4.78 is 155. The summed E-state index contributed by atoms with van der Waals surface area (Å²) in [5.74, 6) is -1.29. The van der Waals surface area contributed by atoms with Gasteiger partial charge in [0, 0.05) is 93.4 Å². The Morgan fingerprint density at radius 1 is 0.371 bits per heavy atom. The minimum absolute atomic E-state index is 0.140. The third kappa shape index (κ3) is 18.9. The average Bonchev–Trinajstić information content (AvgIpc) is 1.68. The molecule has 4 nitrogen and oxygen atoms in total. The van der Waals surface area contributed by atoms with Crippen molar-refractivity contribution in [3.05, 3.63) is 308 Å². The number of hydrogen-bond acceptors (Lipinski definition) is 0. The first-order valence-electron chi connectivity index (χ1n) is 45.8. The monoisotopic (exact) mass is 1410 g/mol. The van der Waals surface area contributed by atoms with E-state index >= 15 is 0 Å². The highest BCUT2D eigenvalue weighted by molar-refractivity contribution is 5.79. The van der Waals surface area contributed by atoms with E-state index in [1.54, 1.807) is 48.5 Å². The van der Waals surface area contributed by atoms with Crippen LogP contribution in [0.1, 0.15) is 200 Å². The van der Waals surface area contributed by atoms with Crippen molar-refractivity contribution in [2.24, 2.45) is 39.5 Å². The van der Waals surface area contributed by atoms with E-state index in [1.807, 2.05) is 254 Å². The van der Waals surface area contributed by atoms with Gasteiger partial charge >= 0.3 is 0 Å². The van der Waals surface area contributed by atoms with Gasteiger partial charge in [-0.2, -0.15) is 0 Å². The standard InChI is InChI=1S/C26H30N.C26H32N.C25H30N.C24H28N/c1-18-9-5-8-12-23(18)22-14-13-19(2)24(16-22)26-15-20(3)25(17-27(26)4)21-10-6-7-11-21;1-18-10-8-9-11-23(18)21-13-12-19(2)24(15-21)25-14-20(3)22(17-27(25)7)16-26(4,5)6;1-17(2)13-22-16-26(6)25(14-20(22)5)24-15-21(12-11-19(24)4)23-10-8-7-9-18(23)3;1-16(2)23-15-25(6)24(13-19(23)5)22-14-20(12-11-18(22)4)21-10-8-7-9-17(21)3/h5,8-9,12-17,21H,6-7,10-11H2,1-4H3;8-15,17H,16H2,1-7H3;7-12,14-17H,13H2,1-6H3;7-16H,1-6H3/q4*+1/i1D3,21D;1D3,16D2;3D3,13D2;3D3,16D. The molecule has 8 aromatic carbocycles. The quantitative estimate of drug-likeness (QED) is 0.102. The van der Waals surface area contributed by atoms with E-state index in [4.69, 9.17) is 24.7 Å². The molecule has 13 rings (SSSR count). The van der Waals surface area contributed by atoms with Crippen molar-refractivity contribution >= 4 is 0 Å². The number of aryl methyl sites for hydroxylation is 16. The summed E-state index contributed by atoms with van der Waals surface area (Å²) in [5, 5.41) is 0. The highest BCUT2D eigenvalue weighted by Crippen LogP contribution is 2.39. The molecule has 0 spiro atoms. The number of rotatable bonds is 13. The first kappa shape index (κ1) is 56.7. The zero-order chi connectivity index (χ0) is 91.1. The van der Waals surface area contributed by atoms with E-state index in [0.717, 1.165) is 160 Å². The number of pyridine rings is 4. The molecule has 1 saturated carbocycles. The summed E-state index contributed by atoms with van der Waals surface area (Å²) in [6, 6.07) is 61.3. The minimum Gasteiger partial charge on any atom is -0.201 e. The summed E-state index contributed by atoms with van der Waals surface area (Å²) in [5.41, 5.74) is 27.3. The summed E-state index contributed by atoms with van der Waals surface area (Å²) in [6.07, 6.45) is 9.12. The Labute approximate surface area is 658 Å². The van der Waals surface area contributed by atoms with Gasteiger partial charge in [-0.25, -0.2) is 18.3 Å². The van der Waals surface area contributed by atoms with Gasteiger partial charge in [0.25, 0.3) is 0 Å². The Morgan fingerprint density at radius 3 is 1.03 bits per heavy atom. The fraction of sp³-hybridized carbons (Fsp3) is 0.327. The smallest absolute Gasteiger partial charge is 0.201 e. The van der Waals surface area contributed by atoms with Crippen LogP contribution in [0.5, 0.6) is 0 Å². The second kappa shape index (κ2) is 34.1. The Kier molecular flexibility index (Phi) is 18.4. The van der Waals surface area contributed by atoms with E-state index in [-0.39, 0.29) is 5.92 Å². The molecule has 1 aliphatic rings. The maximum absolute atomic E-state index is 8.94. The maximum Gasteiger partial charge on any atom is 0.212 e. The maximum atomic E-state index is 8.94. The number of benzene rings is 8. The topological polar surface area (TPSA) is 15.5 Å². The van der Waals surface area contributed by atoms with Crippen molar-refractivity contribution in [1.29, 1.82) is 0 Å². The molecule has 0 amide bonds. The van der Waals surface area contributed by atoms with Gasteiger partial charge in [-0.05, 0) is 267 Å². The molecule has 0 radical (unpaired) electrons. The lowest BCUT2D eigenvalue weighted by molar-refractivity contribution is -0.661. The van der Waals surface area contributed by atoms with Crippen LogP contribution in [0, 0.1) is 94.1 Å². The van der Waals surface area contributed by atoms with Gasteiger partial charge in [-0.3, -0.25) is 0 Å². The first-order chi connectivity index (χ1) is 57.0. The van der Waals surface area contributed by atoms with E-state index in [0.29, 0.717) is 44.5 Å². The molecule has 4 heterocycles. The Balaban J connectivity index is 0.000000172. The second-order valence-corrected chi connectivity index (χ2v) is 30.3. The van der Waals surface area contributed by atoms with Crippen LogP contribution in [-0.2, 0) is 40.9 Å². The number of hydrogen-bond donors (Lipinski definition) is 0. The number of nitrogens with zero attached hydrogens (tertiary/aromatic N) is 4. The first-order valence-corrected chi connectivity index (χ1v) is 36.8. The van der Waals surface area contributed by atoms with Crippen LogP contribution in [-0.4, -0.2) is 0 Å². The van der Waals surface area contributed by atoms with Crippen LogP contribution >= 0.6 is 0 Å². The van der Waals surface area contributed by atoms with Gasteiger partial charge in [-0.1, -0.05) is 207 Å². The summed E-state index contributed by atoms with van der Waals surface area (Å²) in [6.45, 7) is 20.9. The van der Waals surface area contributed by atoms with Gasteiger partial charge < -0.3 is 0 Å². The van der Waals surface area contributed by atoms with Gasteiger partial charge in [0.2, 0.25) is 22.8 Å². The third-order valence-electron chi connectivity index (χ3n) is 20.0. The summed E-state index contributed by atoms with van der Waals surface area (Å²) >= 11 is 0. The lowest BCUT2D eigenvalue weighted by Gasteiger charge is -2.19. The van der Waals surface area contributed by atoms with Crippen molar-refractivity contribution in [2.75, 3.05) is 0 Å². The van der Waals surface area contributed by atoms with Crippen LogP contribution in [0.2, 0.25) is 0 Å². The Hall–Kier alpha value is -9.64. The molecule has 1 aliphatic carbocycles. The molecule has 4 aromatic heterocycles. The van der Waals surface area contributed by atoms with E-state index in [2.05, 4.69) is 66.4 Å². The molecule has 0 bridgehead atoms. The normalized spacial score (nSPS) is 15.9. The van der Waals surface area contributed by atoms with Crippen molar-refractivity contribution < 1.29 is 42.9 Å².